The highest BCUT2D eigenvalue weighted by Gasteiger charge is 2.01. The standard InChI is InChI=1S/C10H17NOS/c1-3-13-8-9(2)11-7-10-5-4-6-12-10/h4-6,9,11H,3,7-8H2,1-2H3. The van der Waals surface area contributed by atoms with Gasteiger partial charge in [-0.2, -0.15) is 11.8 Å². The molecule has 1 heterocycles. The summed E-state index contributed by atoms with van der Waals surface area (Å²) in [5.41, 5.74) is 0. The van der Waals surface area contributed by atoms with E-state index in [4.69, 9.17) is 4.42 Å². The fourth-order valence-corrected chi connectivity index (χ4v) is 1.75. The molecule has 1 aromatic heterocycles. The first-order chi connectivity index (χ1) is 6.33. The van der Waals surface area contributed by atoms with Gasteiger partial charge in [0.2, 0.25) is 0 Å². The molecule has 0 aliphatic rings. The van der Waals surface area contributed by atoms with E-state index >= 15 is 0 Å². The predicted octanol–water partition coefficient (Wildman–Crippen LogP) is 2.51. The fraction of sp³-hybridized carbons (Fsp3) is 0.600. The third kappa shape index (κ3) is 4.39. The molecule has 13 heavy (non-hydrogen) atoms. The van der Waals surface area contributed by atoms with E-state index in [0.29, 0.717) is 6.04 Å². The largest absolute Gasteiger partial charge is 0.468 e. The smallest absolute Gasteiger partial charge is 0.117 e. The van der Waals surface area contributed by atoms with E-state index in [1.165, 1.54) is 5.75 Å². The molecule has 0 saturated carbocycles. The number of hydrogen-bond donors (Lipinski definition) is 1. The van der Waals surface area contributed by atoms with Crippen LogP contribution in [0.4, 0.5) is 0 Å². The summed E-state index contributed by atoms with van der Waals surface area (Å²) in [5, 5.41) is 3.41. The van der Waals surface area contributed by atoms with Crippen LogP contribution in [-0.4, -0.2) is 17.5 Å². The molecule has 0 radical (unpaired) electrons. The summed E-state index contributed by atoms with van der Waals surface area (Å²) in [5.74, 6) is 3.36. The second-order valence-electron chi connectivity index (χ2n) is 3.02. The zero-order valence-electron chi connectivity index (χ0n) is 8.25. The Morgan fingerprint density at radius 1 is 1.62 bits per heavy atom. The van der Waals surface area contributed by atoms with E-state index in [2.05, 4.69) is 19.2 Å². The first kappa shape index (κ1) is 10.7. The molecular weight excluding hydrogens is 182 g/mol. The Bertz CT molecular complexity index is 211. The molecule has 0 spiro atoms. The van der Waals surface area contributed by atoms with Gasteiger partial charge < -0.3 is 9.73 Å². The van der Waals surface area contributed by atoms with Gasteiger partial charge >= 0.3 is 0 Å². The van der Waals surface area contributed by atoms with Crippen LogP contribution in [0.1, 0.15) is 19.6 Å². The van der Waals surface area contributed by atoms with Gasteiger partial charge in [0.05, 0.1) is 12.8 Å². The maximum absolute atomic E-state index is 5.22. The van der Waals surface area contributed by atoms with Crippen molar-refractivity contribution in [1.82, 2.24) is 5.32 Å². The highest BCUT2D eigenvalue weighted by molar-refractivity contribution is 7.99. The van der Waals surface area contributed by atoms with Crippen LogP contribution in [0, 0.1) is 0 Å². The summed E-state index contributed by atoms with van der Waals surface area (Å²) in [7, 11) is 0. The first-order valence-corrected chi connectivity index (χ1v) is 5.82. The molecule has 0 aliphatic carbocycles. The van der Waals surface area contributed by atoms with Gasteiger partial charge in [-0.15, -0.1) is 0 Å². The maximum atomic E-state index is 5.22. The first-order valence-electron chi connectivity index (χ1n) is 4.66. The highest BCUT2D eigenvalue weighted by Crippen LogP contribution is 2.03. The molecule has 3 heteroatoms. The Morgan fingerprint density at radius 2 is 2.46 bits per heavy atom. The number of hydrogen-bond acceptors (Lipinski definition) is 3. The van der Waals surface area contributed by atoms with Crippen LogP contribution in [0.3, 0.4) is 0 Å². The van der Waals surface area contributed by atoms with Gasteiger partial charge in [-0.05, 0) is 24.8 Å². The molecule has 74 valence electrons. The van der Waals surface area contributed by atoms with Crippen LogP contribution < -0.4 is 5.32 Å². The lowest BCUT2D eigenvalue weighted by atomic mass is 10.3. The van der Waals surface area contributed by atoms with Crippen LogP contribution in [0.5, 0.6) is 0 Å². The third-order valence-electron chi connectivity index (χ3n) is 1.78. The van der Waals surface area contributed by atoms with Crippen molar-refractivity contribution < 1.29 is 4.42 Å². The zero-order valence-corrected chi connectivity index (χ0v) is 9.06. The summed E-state index contributed by atoms with van der Waals surface area (Å²) in [6.07, 6.45) is 1.71. The number of thioether (sulfide) groups is 1. The molecular formula is C10H17NOS. The third-order valence-corrected chi connectivity index (χ3v) is 2.92. The SMILES string of the molecule is CCSCC(C)NCc1ccco1. The predicted molar refractivity (Wildman–Crippen MR) is 58.0 cm³/mol. The molecule has 0 fully saturated rings. The molecule has 0 aliphatic heterocycles. The quantitative estimate of drug-likeness (QED) is 0.762. The van der Waals surface area contributed by atoms with Gasteiger partial charge in [-0.3, -0.25) is 0 Å². The summed E-state index contributed by atoms with van der Waals surface area (Å²) in [6, 6.07) is 4.46. The van der Waals surface area contributed by atoms with Crippen molar-refractivity contribution in [2.24, 2.45) is 0 Å². The van der Waals surface area contributed by atoms with E-state index in [0.717, 1.165) is 18.1 Å². The summed E-state index contributed by atoms with van der Waals surface area (Å²) in [6.45, 7) is 5.22. The van der Waals surface area contributed by atoms with Crippen LogP contribution in [-0.2, 0) is 6.54 Å². The van der Waals surface area contributed by atoms with Crippen molar-refractivity contribution in [2.75, 3.05) is 11.5 Å². The normalized spacial score (nSPS) is 13.1. The average Bonchev–Trinajstić information content (AvgIpc) is 2.64. The van der Waals surface area contributed by atoms with Crippen LogP contribution >= 0.6 is 11.8 Å². The zero-order chi connectivity index (χ0) is 9.52. The average molecular weight is 199 g/mol. The molecule has 0 saturated heterocycles. The molecule has 0 bridgehead atoms. The molecule has 0 aromatic carbocycles. The Balaban J connectivity index is 2.11. The Morgan fingerprint density at radius 3 is 3.08 bits per heavy atom. The van der Waals surface area contributed by atoms with Gasteiger partial charge in [0, 0.05) is 11.8 Å². The minimum absolute atomic E-state index is 0.551. The molecule has 1 aromatic rings. The van der Waals surface area contributed by atoms with Crippen molar-refractivity contribution >= 4 is 11.8 Å². The second kappa shape index (κ2) is 6.11. The number of rotatable bonds is 6. The van der Waals surface area contributed by atoms with Crippen LogP contribution in [0.25, 0.3) is 0 Å². The van der Waals surface area contributed by atoms with Gasteiger partial charge in [0.25, 0.3) is 0 Å². The Kier molecular flexibility index (Phi) is 5.01. The summed E-state index contributed by atoms with van der Waals surface area (Å²) >= 11 is 1.96. The summed E-state index contributed by atoms with van der Waals surface area (Å²) < 4.78 is 5.22. The Hall–Kier alpha value is -0.410. The lowest BCUT2D eigenvalue weighted by Gasteiger charge is -2.11. The van der Waals surface area contributed by atoms with E-state index in [1.54, 1.807) is 6.26 Å². The van der Waals surface area contributed by atoms with E-state index in [-0.39, 0.29) is 0 Å². The molecule has 1 unspecified atom stereocenters. The van der Waals surface area contributed by atoms with Crippen LogP contribution in [0.15, 0.2) is 22.8 Å². The molecule has 1 rings (SSSR count). The van der Waals surface area contributed by atoms with Crippen molar-refractivity contribution in [3.8, 4) is 0 Å². The lowest BCUT2D eigenvalue weighted by molar-refractivity contribution is 0.466. The van der Waals surface area contributed by atoms with Gasteiger partial charge in [-0.25, -0.2) is 0 Å². The Labute approximate surface area is 84.1 Å². The topological polar surface area (TPSA) is 25.2 Å². The molecule has 1 N–H and O–H groups in total. The number of nitrogens with one attached hydrogen (secondary N) is 1. The van der Waals surface area contributed by atoms with Crippen molar-refractivity contribution in [3.63, 3.8) is 0 Å². The van der Waals surface area contributed by atoms with Crippen molar-refractivity contribution in [3.05, 3.63) is 24.2 Å². The van der Waals surface area contributed by atoms with Crippen molar-refractivity contribution in [1.29, 1.82) is 0 Å². The van der Waals surface area contributed by atoms with Gasteiger partial charge in [0.1, 0.15) is 5.76 Å². The monoisotopic (exact) mass is 199 g/mol. The van der Waals surface area contributed by atoms with Gasteiger partial charge in [0.15, 0.2) is 0 Å². The van der Waals surface area contributed by atoms with Crippen LogP contribution in [0.2, 0.25) is 0 Å². The second-order valence-corrected chi connectivity index (χ2v) is 4.34. The van der Waals surface area contributed by atoms with E-state index < -0.39 is 0 Å². The lowest BCUT2D eigenvalue weighted by Crippen LogP contribution is -2.27. The van der Waals surface area contributed by atoms with Crippen molar-refractivity contribution in [2.45, 2.75) is 26.4 Å². The fourth-order valence-electron chi connectivity index (χ4n) is 1.04. The van der Waals surface area contributed by atoms with E-state index in [9.17, 15) is 0 Å². The molecule has 0 amide bonds. The molecule has 2 nitrogen and oxygen atoms in total. The highest BCUT2D eigenvalue weighted by atomic mass is 32.2. The number of furan rings is 1. The molecule has 1 atom stereocenters. The summed E-state index contributed by atoms with van der Waals surface area (Å²) in [4.78, 5) is 0. The minimum Gasteiger partial charge on any atom is -0.468 e. The van der Waals surface area contributed by atoms with E-state index in [1.807, 2.05) is 23.9 Å². The minimum atomic E-state index is 0.551. The maximum Gasteiger partial charge on any atom is 0.117 e. The van der Waals surface area contributed by atoms with Gasteiger partial charge in [-0.1, -0.05) is 6.92 Å².